The number of rotatable bonds is 3. The van der Waals surface area contributed by atoms with Crippen molar-refractivity contribution in [3.05, 3.63) is 0 Å². The Morgan fingerprint density at radius 3 is 2.32 bits per heavy atom. The highest BCUT2D eigenvalue weighted by Gasteiger charge is 2.32. The van der Waals surface area contributed by atoms with Crippen LogP contribution >= 0.6 is 0 Å². The van der Waals surface area contributed by atoms with Gasteiger partial charge in [-0.05, 0) is 44.1 Å². The first-order valence-electron chi connectivity index (χ1n) is 8.58. The molecule has 0 aromatic rings. The molecule has 108 valence electrons. The lowest BCUT2D eigenvalue weighted by atomic mass is 9.75. The Balaban J connectivity index is 1.48. The molecule has 3 rings (SSSR count). The Morgan fingerprint density at radius 1 is 0.842 bits per heavy atom. The van der Waals surface area contributed by atoms with Crippen LogP contribution in [0.25, 0.3) is 0 Å². The van der Waals surface area contributed by atoms with Crippen molar-refractivity contribution in [1.82, 2.24) is 4.90 Å². The molecule has 2 aliphatic carbocycles. The van der Waals surface area contributed by atoms with E-state index in [1.807, 2.05) is 0 Å². The lowest BCUT2D eigenvalue weighted by Crippen LogP contribution is -2.44. The molecule has 2 heteroatoms. The van der Waals surface area contributed by atoms with E-state index >= 15 is 0 Å². The van der Waals surface area contributed by atoms with Crippen LogP contribution in [0.4, 0.5) is 0 Å². The first-order chi connectivity index (χ1) is 9.33. The summed E-state index contributed by atoms with van der Waals surface area (Å²) in [6, 6.07) is 0. The van der Waals surface area contributed by atoms with Gasteiger partial charge >= 0.3 is 0 Å². The highest BCUT2D eigenvalue weighted by atomic mass is 16.1. The number of fused-ring (bicyclic) bond motifs is 1. The van der Waals surface area contributed by atoms with Crippen molar-refractivity contribution in [3.8, 4) is 0 Å². The standard InChI is InChI=1S/C17H29NO/c19-17(15-7-2-1-3-8-15)13-18-11-10-14-6-4-5-9-16(14)12-18/h14-16H,1-13H2. The molecule has 0 radical (unpaired) electrons. The molecule has 19 heavy (non-hydrogen) atoms. The minimum Gasteiger partial charge on any atom is -0.298 e. The summed E-state index contributed by atoms with van der Waals surface area (Å²) in [5.41, 5.74) is 0. The van der Waals surface area contributed by atoms with Gasteiger partial charge in [0.1, 0.15) is 5.78 Å². The third-order valence-corrected chi connectivity index (χ3v) is 5.82. The maximum absolute atomic E-state index is 12.4. The van der Waals surface area contributed by atoms with Crippen LogP contribution in [-0.4, -0.2) is 30.3 Å². The van der Waals surface area contributed by atoms with Crippen LogP contribution in [0.15, 0.2) is 0 Å². The highest BCUT2D eigenvalue weighted by Crippen LogP contribution is 2.36. The van der Waals surface area contributed by atoms with Gasteiger partial charge in [0.25, 0.3) is 0 Å². The maximum Gasteiger partial charge on any atom is 0.149 e. The van der Waals surface area contributed by atoms with Crippen molar-refractivity contribution < 1.29 is 4.79 Å². The molecular weight excluding hydrogens is 234 g/mol. The molecule has 0 aromatic carbocycles. The summed E-state index contributed by atoms with van der Waals surface area (Å²) in [7, 11) is 0. The molecule has 3 fully saturated rings. The van der Waals surface area contributed by atoms with E-state index in [0.717, 1.165) is 18.4 Å². The monoisotopic (exact) mass is 263 g/mol. The van der Waals surface area contributed by atoms with Gasteiger partial charge in [-0.25, -0.2) is 0 Å². The van der Waals surface area contributed by atoms with Crippen LogP contribution in [0, 0.1) is 17.8 Å². The first kappa shape index (κ1) is 13.6. The zero-order valence-electron chi connectivity index (χ0n) is 12.3. The van der Waals surface area contributed by atoms with Gasteiger partial charge in [0.05, 0.1) is 6.54 Å². The topological polar surface area (TPSA) is 20.3 Å². The third kappa shape index (κ3) is 3.39. The second-order valence-electron chi connectivity index (χ2n) is 7.13. The van der Waals surface area contributed by atoms with E-state index in [4.69, 9.17) is 0 Å². The summed E-state index contributed by atoms with van der Waals surface area (Å²) in [5, 5.41) is 0. The van der Waals surface area contributed by atoms with Crippen molar-refractivity contribution in [2.75, 3.05) is 19.6 Å². The van der Waals surface area contributed by atoms with Crippen LogP contribution in [-0.2, 0) is 4.79 Å². The Kier molecular flexibility index (Phi) is 4.57. The van der Waals surface area contributed by atoms with E-state index in [1.165, 1.54) is 77.3 Å². The fraction of sp³-hybridized carbons (Fsp3) is 0.941. The summed E-state index contributed by atoms with van der Waals surface area (Å²) in [5.74, 6) is 2.84. The molecule has 2 nitrogen and oxygen atoms in total. The Labute approximate surface area is 117 Å². The van der Waals surface area contributed by atoms with Crippen LogP contribution in [0.2, 0.25) is 0 Å². The van der Waals surface area contributed by atoms with E-state index in [-0.39, 0.29) is 0 Å². The quantitative estimate of drug-likeness (QED) is 0.774. The van der Waals surface area contributed by atoms with Gasteiger partial charge in [-0.15, -0.1) is 0 Å². The van der Waals surface area contributed by atoms with Gasteiger partial charge in [-0.2, -0.15) is 0 Å². The van der Waals surface area contributed by atoms with Crippen molar-refractivity contribution in [1.29, 1.82) is 0 Å². The molecule has 2 unspecified atom stereocenters. The lowest BCUT2D eigenvalue weighted by Gasteiger charge is -2.41. The van der Waals surface area contributed by atoms with Gasteiger partial charge in [-0.3, -0.25) is 9.69 Å². The van der Waals surface area contributed by atoms with Crippen LogP contribution < -0.4 is 0 Å². The highest BCUT2D eigenvalue weighted by molar-refractivity contribution is 5.83. The number of piperidine rings is 1. The van der Waals surface area contributed by atoms with Gasteiger partial charge in [0.2, 0.25) is 0 Å². The summed E-state index contributed by atoms with van der Waals surface area (Å²) in [6.07, 6.45) is 13.3. The zero-order valence-corrected chi connectivity index (χ0v) is 12.3. The molecule has 0 N–H and O–H groups in total. The van der Waals surface area contributed by atoms with Gasteiger partial charge in [-0.1, -0.05) is 38.5 Å². The van der Waals surface area contributed by atoms with Crippen molar-refractivity contribution in [3.63, 3.8) is 0 Å². The SMILES string of the molecule is O=C(CN1CCC2CCCCC2C1)C1CCCCC1. The second-order valence-corrected chi connectivity index (χ2v) is 7.13. The molecule has 1 aliphatic heterocycles. The average Bonchev–Trinajstić information content (AvgIpc) is 2.48. The minimum absolute atomic E-state index is 0.401. The number of Topliss-reactive ketones (excluding diaryl/α,β-unsaturated/α-hetero) is 1. The molecule has 2 atom stereocenters. The maximum atomic E-state index is 12.4. The third-order valence-electron chi connectivity index (χ3n) is 5.82. The fourth-order valence-electron chi connectivity index (χ4n) is 4.59. The predicted octanol–water partition coefficient (Wildman–Crippen LogP) is 3.65. The number of nitrogens with zero attached hydrogens (tertiary/aromatic N) is 1. The molecule has 0 spiro atoms. The van der Waals surface area contributed by atoms with E-state index in [1.54, 1.807) is 0 Å². The Bertz CT molecular complexity index is 308. The summed E-state index contributed by atoms with van der Waals surface area (Å²) in [4.78, 5) is 14.9. The van der Waals surface area contributed by atoms with Gasteiger partial charge in [0, 0.05) is 12.5 Å². The van der Waals surface area contributed by atoms with Crippen molar-refractivity contribution in [2.45, 2.75) is 64.2 Å². The Hall–Kier alpha value is -0.370. The summed E-state index contributed by atoms with van der Waals surface area (Å²) >= 11 is 0. The van der Waals surface area contributed by atoms with Crippen molar-refractivity contribution in [2.24, 2.45) is 17.8 Å². The van der Waals surface area contributed by atoms with Gasteiger partial charge < -0.3 is 0 Å². The van der Waals surface area contributed by atoms with Gasteiger partial charge in [0.15, 0.2) is 0 Å². The number of carbonyl (C=O) groups excluding carboxylic acids is 1. The lowest BCUT2D eigenvalue weighted by molar-refractivity contribution is -0.125. The molecular formula is C17H29NO. The first-order valence-corrected chi connectivity index (χ1v) is 8.58. The second kappa shape index (κ2) is 6.39. The van der Waals surface area contributed by atoms with Crippen LogP contribution in [0.5, 0.6) is 0 Å². The molecule has 1 saturated heterocycles. The molecule has 0 amide bonds. The van der Waals surface area contributed by atoms with E-state index < -0.39 is 0 Å². The van der Waals surface area contributed by atoms with E-state index in [0.29, 0.717) is 11.7 Å². The Morgan fingerprint density at radius 2 is 1.53 bits per heavy atom. The predicted molar refractivity (Wildman–Crippen MR) is 78.1 cm³/mol. The van der Waals surface area contributed by atoms with E-state index in [2.05, 4.69) is 4.90 Å². The largest absolute Gasteiger partial charge is 0.298 e. The van der Waals surface area contributed by atoms with Crippen molar-refractivity contribution >= 4 is 5.78 Å². The number of carbonyl (C=O) groups is 1. The molecule has 2 saturated carbocycles. The molecule has 3 aliphatic rings. The van der Waals surface area contributed by atoms with E-state index in [9.17, 15) is 4.79 Å². The number of ketones is 1. The van der Waals surface area contributed by atoms with Crippen LogP contribution in [0.1, 0.15) is 64.2 Å². The normalized spacial score (nSPS) is 33.9. The minimum atomic E-state index is 0.401. The van der Waals surface area contributed by atoms with Crippen LogP contribution in [0.3, 0.4) is 0 Å². The smallest absolute Gasteiger partial charge is 0.149 e. The number of likely N-dealkylation sites (tertiary alicyclic amines) is 1. The summed E-state index contributed by atoms with van der Waals surface area (Å²) < 4.78 is 0. The zero-order chi connectivity index (χ0) is 13.1. The summed E-state index contributed by atoms with van der Waals surface area (Å²) in [6.45, 7) is 3.15. The average molecular weight is 263 g/mol. The molecule has 0 bridgehead atoms. The molecule has 1 heterocycles. The molecule has 0 aromatic heterocycles. The number of hydrogen-bond acceptors (Lipinski definition) is 2. The fourth-order valence-corrected chi connectivity index (χ4v) is 4.59. The number of hydrogen-bond donors (Lipinski definition) is 0.